The Kier molecular flexibility index (Phi) is 6.31. The fourth-order valence-corrected chi connectivity index (χ4v) is 4.96. The van der Waals surface area contributed by atoms with Crippen LogP contribution < -0.4 is 0 Å². The molecule has 0 heterocycles. The Labute approximate surface area is 137 Å². The first-order chi connectivity index (χ1) is 9.95. The molecular weight excluding hydrogens is 331 g/mol. The van der Waals surface area contributed by atoms with E-state index in [4.69, 9.17) is 4.74 Å². The smallest absolute Gasteiger partial charge is 0.109 e. The van der Waals surface area contributed by atoms with Crippen LogP contribution in [0.25, 0.3) is 0 Å². The van der Waals surface area contributed by atoms with Crippen LogP contribution in [0, 0.1) is 23.7 Å². The zero-order valence-corrected chi connectivity index (χ0v) is 15.2. The lowest BCUT2D eigenvalue weighted by Gasteiger charge is -2.42. The Morgan fingerprint density at radius 1 is 1.14 bits per heavy atom. The highest BCUT2D eigenvalue weighted by Crippen LogP contribution is 2.43. The van der Waals surface area contributed by atoms with Gasteiger partial charge in [0.05, 0.1) is 6.10 Å². The average Bonchev–Trinajstić information content (AvgIpc) is 2.48. The standard InChI is InChI=1S/C18H30BrFO/c1-11-5-8-14(9-6-11)13(3)18(21-4)16-15(19)10-7-12(2)17(16)20/h11-12,14-18H,3,5-10H2,1-2,4H3. The van der Waals surface area contributed by atoms with Gasteiger partial charge >= 0.3 is 0 Å². The molecule has 0 N–H and O–H groups in total. The van der Waals surface area contributed by atoms with Crippen LogP contribution >= 0.6 is 15.9 Å². The molecule has 0 bridgehead atoms. The van der Waals surface area contributed by atoms with Crippen molar-refractivity contribution in [2.24, 2.45) is 23.7 Å². The van der Waals surface area contributed by atoms with Gasteiger partial charge in [-0.05, 0) is 49.0 Å². The SMILES string of the molecule is C=C(C1CCC(C)CC1)C(OC)C1C(Br)CCC(C)C1F. The first kappa shape index (κ1) is 17.5. The molecule has 0 aromatic rings. The lowest BCUT2D eigenvalue weighted by Crippen LogP contribution is -2.45. The first-order valence-electron chi connectivity index (χ1n) is 8.45. The number of halogens is 2. The van der Waals surface area contributed by atoms with Gasteiger partial charge in [-0.25, -0.2) is 4.39 Å². The number of ether oxygens (including phenoxy) is 1. The van der Waals surface area contributed by atoms with E-state index in [-0.39, 0.29) is 22.8 Å². The molecule has 2 aliphatic carbocycles. The number of methoxy groups -OCH3 is 1. The van der Waals surface area contributed by atoms with E-state index in [2.05, 4.69) is 29.4 Å². The van der Waals surface area contributed by atoms with Gasteiger partial charge in [0.25, 0.3) is 0 Å². The summed E-state index contributed by atoms with van der Waals surface area (Å²) in [6.45, 7) is 8.67. The van der Waals surface area contributed by atoms with Gasteiger partial charge in [-0.2, -0.15) is 0 Å². The van der Waals surface area contributed by atoms with E-state index >= 15 is 0 Å². The maximum absolute atomic E-state index is 14.8. The van der Waals surface area contributed by atoms with Gasteiger partial charge in [-0.3, -0.25) is 0 Å². The van der Waals surface area contributed by atoms with E-state index in [1.54, 1.807) is 7.11 Å². The molecule has 0 aliphatic heterocycles. The molecule has 0 aromatic carbocycles. The zero-order valence-electron chi connectivity index (χ0n) is 13.7. The van der Waals surface area contributed by atoms with Gasteiger partial charge < -0.3 is 4.74 Å². The molecule has 0 amide bonds. The maximum atomic E-state index is 14.8. The monoisotopic (exact) mass is 360 g/mol. The van der Waals surface area contributed by atoms with Crippen molar-refractivity contribution in [2.45, 2.75) is 69.5 Å². The van der Waals surface area contributed by atoms with Gasteiger partial charge in [0.1, 0.15) is 6.17 Å². The van der Waals surface area contributed by atoms with E-state index in [0.717, 1.165) is 24.3 Å². The van der Waals surface area contributed by atoms with Crippen molar-refractivity contribution < 1.29 is 9.13 Å². The lowest BCUT2D eigenvalue weighted by molar-refractivity contribution is -0.00199. The van der Waals surface area contributed by atoms with Crippen LogP contribution in [0.15, 0.2) is 12.2 Å². The van der Waals surface area contributed by atoms with Crippen molar-refractivity contribution in [3.63, 3.8) is 0 Å². The Morgan fingerprint density at radius 2 is 1.76 bits per heavy atom. The summed E-state index contributed by atoms with van der Waals surface area (Å²) in [7, 11) is 1.72. The predicted molar refractivity (Wildman–Crippen MR) is 90.6 cm³/mol. The van der Waals surface area contributed by atoms with Crippen LogP contribution in [0.1, 0.15) is 52.4 Å². The summed E-state index contributed by atoms with van der Waals surface area (Å²) in [6.07, 6.45) is 5.94. The summed E-state index contributed by atoms with van der Waals surface area (Å²) in [5.41, 5.74) is 1.13. The van der Waals surface area contributed by atoms with Crippen LogP contribution in [0.4, 0.5) is 4.39 Å². The molecule has 3 heteroatoms. The molecule has 2 rings (SSSR count). The van der Waals surface area contributed by atoms with Gasteiger partial charge in [0.15, 0.2) is 0 Å². The minimum atomic E-state index is -0.799. The third kappa shape index (κ3) is 3.90. The molecule has 122 valence electrons. The Balaban J connectivity index is 2.08. The first-order valence-corrected chi connectivity index (χ1v) is 9.36. The summed E-state index contributed by atoms with van der Waals surface area (Å²) in [6, 6.07) is 0. The van der Waals surface area contributed by atoms with E-state index in [1.807, 2.05) is 6.92 Å². The topological polar surface area (TPSA) is 9.23 Å². The average molecular weight is 361 g/mol. The van der Waals surface area contributed by atoms with Gasteiger partial charge in [0.2, 0.25) is 0 Å². The second kappa shape index (κ2) is 7.59. The summed E-state index contributed by atoms with van der Waals surface area (Å²) >= 11 is 3.70. The van der Waals surface area contributed by atoms with Crippen LogP contribution in [0.2, 0.25) is 0 Å². The van der Waals surface area contributed by atoms with Crippen LogP contribution in [0.3, 0.4) is 0 Å². The fourth-order valence-electron chi connectivity index (χ4n) is 4.13. The molecule has 2 aliphatic rings. The molecule has 5 atom stereocenters. The largest absolute Gasteiger partial charge is 0.377 e. The number of hydrogen-bond acceptors (Lipinski definition) is 1. The molecular formula is C18H30BrFO. The van der Waals surface area contributed by atoms with E-state index in [0.29, 0.717) is 5.92 Å². The Bertz CT molecular complexity index is 351. The Hall–Kier alpha value is 0.110. The summed E-state index contributed by atoms with van der Waals surface area (Å²) < 4.78 is 20.5. The van der Waals surface area contributed by atoms with Gasteiger partial charge in [-0.15, -0.1) is 0 Å². The molecule has 0 aromatic heterocycles. The second-order valence-corrected chi connectivity index (χ2v) is 8.46. The molecule has 2 saturated carbocycles. The maximum Gasteiger partial charge on any atom is 0.109 e. The normalized spacial score (nSPS) is 42.5. The molecule has 5 unspecified atom stereocenters. The van der Waals surface area contributed by atoms with Crippen molar-refractivity contribution in [3.8, 4) is 0 Å². The third-order valence-corrected chi connectivity index (χ3v) is 6.80. The van der Waals surface area contributed by atoms with E-state index in [1.165, 1.54) is 25.7 Å². The zero-order chi connectivity index (χ0) is 15.6. The number of rotatable bonds is 4. The molecule has 0 spiro atoms. The quantitative estimate of drug-likeness (QED) is 0.472. The van der Waals surface area contributed by atoms with E-state index in [9.17, 15) is 4.39 Å². The molecule has 1 nitrogen and oxygen atoms in total. The van der Waals surface area contributed by atoms with Crippen molar-refractivity contribution in [1.29, 1.82) is 0 Å². The lowest BCUT2D eigenvalue weighted by atomic mass is 9.71. The summed E-state index contributed by atoms with van der Waals surface area (Å²) in [5, 5.41) is 0. The van der Waals surface area contributed by atoms with E-state index < -0.39 is 6.17 Å². The summed E-state index contributed by atoms with van der Waals surface area (Å²) in [5.74, 6) is 1.36. The molecule has 0 saturated heterocycles. The minimum absolute atomic E-state index is 0.0920. The highest BCUT2D eigenvalue weighted by Gasteiger charge is 2.43. The van der Waals surface area contributed by atoms with Crippen LogP contribution in [-0.4, -0.2) is 24.2 Å². The van der Waals surface area contributed by atoms with Crippen molar-refractivity contribution >= 4 is 15.9 Å². The van der Waals surface area contributed by atoms with Gasteiger partial charge in [-0.1, -0.05) is 49.2 Å². The number of hydrogen-bond donors (Lipinski definition) is 0. The van der Waals surface area contributed by atoms with Crippen LogP contribution in [-0.2, 0) is 4.74 Å². The third-order valence-electron chi connectivity index (χ3n) is 5.74. The van der Waals surface area contributed by atoms with Gasteiger partial charge in [0, 0.05) is 17.9 Å². The summed E-state index contributed by atoms with van der Waals surface area (Å²) in [4.78, 5) is 0.202. The molecule has 0 radical (unpaired) electrons. The Morgan fingerprint density at radius 3 is 2.33 bits per heavy atom. The van der Waals surface area contributed by atoms with Crippen molar-refractivity contribution in [2.75, 3.05) is 7.11 Å². The minimum Gasteiger partial charge on any atom is -0.377 e. The van der Waals surface area contributed by atoms with Crippen molar-refractivity contribution in [3.05, 3.63) is 12.2 Å². The van der Waals surface area contributed by atoms with Crippen LogP contribution in [0.5, 0.6) is 0 Å². The fraction of sp³-hybridized carbons (Fsp3) is 0.889. The van der Waals surface area contributed by atoms with Crippen molar-refractivity contribution in [1.82, 2.24) is 0 Å². The highest BCUT2D eigenvalue weighted by atomic mass is 79.9. The second-order valence-electron chi connectivity index (χ2n) is 7.28. The molecule has 2 fully saturated rings. The number of alkyl halides is 2. The molecule has 21 heavy (non-hydrogen) atoms. The predicted octanol–water partition coefficient (Wildman–Crippen LogP) is 5.53. The highest BCUT2D eigenvalue weighted by molar-refractivity contribution is 9.09.